The summed E-state index contributed by atoms with van der Waals surface area (Å²) in [6.45, 7) is 0. The Morgan fingerprint density at radius 1 is 0.706 bits per heavy atom. The predicted octanol–water partition coefficient (Wildman–Crippen LogP) is 5.34. The molecule has 4 rings (SSSR count). The number of methoxy groups -OCH3 is 4. The molecule has 278 valence electrons. The molecule has 1 amide bonds. The number of carbonyl (C=O) groups is 2. The molecule has 0 unspecified atom stereocenters. The van der Waals surface area contributed by atoms with Gasteiger partial charge in [0.05, 0.1) is 41.1 Å². The Balaban J connectivity index is 0.000000403. The lowest BCUT2D eigenvalue weighted by molar-refractivity contribution is -0.0756. The van der Waals surface area contributed by atoms with E-state index in [2.05, 4.69) is 19.9 Å². The first kappa shape index (κ1) is 43.9. The summed E-state index contributed by atoms with van der Waals surface area (Å²) in [6.07, 6.45) is 6.12. The number of hydroxylamine groups is 2. The summed E-state index contributed by atoms with van der Waals surface area (Å²) in [5, 5.41) is 1.95. The number of ether oxygens (including phenoxy) is 4. The standard InChI is InChI=1S/C14H13F2N3O3S.C8H8F2O2.C8H12N4O2S.CH4/c1-21-8-4-7(15)10(16)9(12(8)22-2)11(20)6-5-18-14(23-3)19-13(6)17;1-11-7-3-5(9)6(10)4-8(7)12-2;1-12(14-2)7(13)5-4-10-8(15-3)11-6(5)9;/h4-5H,1-3H3,(H2,17,18,19);3-4H,1-2H3;4H,1-3H3,(H2,9,10,11);1H4. The third-order valence-corrected chi connectivity index (χ3v) is 7.33. The van der Waals surface area contributed by atoms with Crippen molar-refractivity contribution in [1.82, 2.24) is 25.0 Å². The van der Waals surface area contributed by atoms with Crippen LogP contribution in [0, 0.1) is 23.3 Å². The fourth-order valence-corrected chi connectivity index (χ4v) is 4.35. The number of aromatic nitrogens is 4. The molecule has 51 heavy (non-hydrogen) atoms. The minimum atomic E-state index is -1.36. The van der Waals surface area contributed by atoms with Crippen LogP contribution in [0.1, 0.15) is 33.7 Å². The second-order valence-corrected chi connectivity index (χ2v) is 10.6. The number of anilines is 2. The van der Waals surface area contributed by atoms with Crippen LogP contribution in [0.3, 0.4) is 0 Å². The van der Waals surface area contributed by atoms with Crippen LogP contribution in [0.25, 0.3) is 0 Å². The number of nitrogens with two attached hydrogens (primary N) is 2. The van der Waals surface area contributed by atoms with Crippen LogP contribution in [0.4, 0.5) is 29.2 Å². The van der Waals surface area contributed by atoms with Gasteiger partial charge < -0.3 is 30.4 Å². The number of nitrogens with zero attached hydrogens (tertiary/aromatic N) is 5. The maximum absolute atomic E-state index is 14.2. The highest BCUT2D eigenvalue weighted by Crippen LogP contribution is 2.36. The highest BCUT2D eigenvalue weighted by molar-refractivity contribution is 7.98. The van der Waals surface area contributed by atoms with Gasteiger partial charge in [0.1, 0.15) is 22.8 Å². The summed E-state index contributed by atoms with van der Waals surface area (Å²) in [5.74, 6) is -5.76. The van der Waals surface area contributed by atoms with Crippen LogP contribution in [0.5, 0.6) is 23.0 Å². The van der Waals surface area contributed by atoms with Crippen molar-refractivity contribution in [2.45, 2.75) is 17.7 Å². The van der Waals surface area contributed by atoms with E-state index in [1.165, 1.54) is 72.3 Å². The third-order valence-electron chi connectivity index (χ3n) is 6.21. The molecule has 0 bridgehead atoms. The van der Waals surface area contributed by atoms with Crippen molar-refractivity contribution in [2.24, 2.45) is 0 Å². The van der Waals surface area contributed by atoms with E-state index < -0.39 is 34.6 Å². The van der Waals surface area contributed by atoms with Gasteiger partial charge in [-0.05, 0) is 12.5 Å². The van der Waals surface area contributed by atoms with Gasteiger partial charge in [-0.3, -0.25) is 14.4 Å². The Kier molecular flexibility index (Phi) is 17.7. The quantitative estimate of drug-likeness (QED) is 0.0693. The summed E-state index contributed by atoms with van der Waals surface area (Å²) >= 11 is 2.59. The van der Waals surface area contributed by atoms with Gasteiger partial charge in [0.15, 0.2) is 56.6 Å². The minimum Gasteiger partial charge on any atom is -0.493 e. The van der Waals surface area contributed by atoms with Gasteiger partial charge in [-0.2, -0.15) is 0 Å². The number of hydrogen-bond donors (Lipinski definition) is 2. The van der Waals surface area contributed by atoms with Gasteiger partial charge in [-0.25, -0.2) is 42.6 Å². The molecule has 2 heterocycles. The first-order valence-electron chi connectivity index (χ1n) is 13.6. The number of rotatable bonds is 10. The molecule has 2 aromatic heterocycles. The topological polar surface area (TPSA) is 187 Å². The summed E-state index contributed by atoms with van der Waals surface area (Å²) in [7, 11) is 8.05. The Bertz CT molecular complexity index is 1800. The Labute approximate surface area is 300 Å². The van der Waals surface area contributed by atoms with Crippen molar-refractivity contribution < 1.29 is 50.9 Å². The number of carbonyl (C=O) groups excluding carboxylic acids is 2. The van der Waals surface area contributed by atoms with E-state index in [4.69, 9.17) is 35.3 Å². The highest BCUT2D eigenvalue weighted by atomic mass is 32.2. The van der Waals surface area contributed by atoms with Crippen LogP contribution >= 0.6 is 23.5 Å². The van der Waals surface area contributed by atoms with E-state index in [-0.39, 0.29) is 59.1 Å². The number of benzene rings is 2. The molecule has 0 radical (unpaired) electrons. The zero-order valence-electron chi connectivity index (χ0n) is 28.0. The average molecular weight is 760 g/mol. The van der Waals surface area contributed by atoms with Gasteiger partial charge in [0, 0.05) is 37.6 Å². The SMILES string of the molecule is C.CON(C)C(=O)c1cnc(SC)nc1N.COc1cc(F)c(F)c(C(=O)c2cnc(SC)nc2N)c1OC.COc1cc(F)c(F)cc1OC. The smallest absolute Gasteiger partial charge is 0.282 e. The molecule has 0 aliphatic carbocycles. The maximum atomic E-state index is 14.2. The van der Waals surface area contributed by atoms with E-state index in [1.54, 1.807) is 6.26 Å². The summed E-state index contributed by atoms with van der Waals surface area (Å²) < 4.78 is 72.4. The van der Waals surface area contributed by atoms with Crippen molar-refractivity contribution in [3.05, 3.63) is 70.6 Å². The molecule has 2 aromatic carbocycles. The molecule has 0 spiro atoms. The second-order valence-electron chi connectivity index (χ2n) is 9.03. The first-order valence-corrected chi connectivity index (χ1v) is 16.0. The minimum absolute atomic E-state index is 0. The predicted molar refractivity (Wildman–Crippen MR) is 185 cm³/mol. The lowest BCUT2D eigenvalue weighted by Gasteiger charge is -2.14. The summed E-state index contributed by atoms with van der Waals surface area (Å²) in [6, 6.07) is 2.67. The number of hydrogen-bond acceptors (Lipinski definition) is 15. The van der Waals surface area contributed by atoms with Crippen molar-refractivity contribution >= 4 is 46.8 Å². The number of halogens is 4. The van der Waals surface area contributed by atoms with Gasteiger partial charge in [-0.1, -0.05) is 31.0 Å². The normalized spacial score (nSPS) is 9.96. The summed E-state index contributed by atoms with van der Waals surface area (Å²) in [4.78, 5) is 44.7. The largest absolute Gasteiger partial charge is 0.493 e. The molecular formula is C31H37F4N7O7S2. The first-order chi connectivity index (χ1) is 23.7. The number of thioether (sulfide) groups is 2. The zero-order valence-corrected chi connectivity index (χ0v) is 29.6. The second kappa shape index (κ2) is 20.6. The fraction of sp³-hybridized carbons (Fsp3) is 0.290. The zero-order chi connectivity index (χ0) is 37.7. The van der Waals surface area contributed by atoms with Crippen molar-refractivity contribution in [1.29, 1.82) is 0 Å². The molecule has 14 nitrogen and oxygen atoms in total. The number of amides is 1. The van der Waals surface area contributed by atoms with E-state index in [0.717, 1.165) is 29.5 Å². The monoisotopic (exact) mass is 759 g/mol. The molecule has 0 aliphatic rings. The van der Waals surface area contributed by atoms with Crippen LogP contribution in [-0.4, -0.2) is 91.8 Å². The van der Waals surface area contributed by atoms with E-state index in [9.17, 15) is 27.2 Å². The van der Waals surface area contributed by atoms with Gasteiger partial charge in [-0.15, -0.1) is 0 Å². The Morgan fingerprint density at radius 2 is 1.14 bits per heavy atom. The van der Waals surface area contributed by atoms with Crippen molar-refractivity contribution in [3.8, 4) is 23.0 Å². The van der Waals surface area contributed by atoms with Gasteiger partial charge in [0.25, 0.3) is 5.91 Å². The van der Waals surface area contributed by atoms with Crippen LogP contribution in [0.15, 0.2) is 40.9 Å². The van der Waals surface area contributed by atoms with Crippen molar-refractivity contribution in [3.63, 3.8) is 0 Å². The molecule has 20 heteroatoms. The number of nitrogen functional groups attached to an aromatic ring is 2. The molecule has 0 atom stereocenters. The van der Waals surface area contributed by atoms with Crippen molar-refractivity contribution in [2.75, 3.05) is 66.6 Å². The lowest BCUT2D eigenvalue weighted by atomic mass is 10.0. The molecule has 4 N–H and O–H groups in total. The number of ketones is 1. The summed E-state index contributed by atoms with van der Waals surface area (Å²) in [5.41, 5.74) is 10.8. The maximum Gasteiger partial charge on any atom is 0.282 e. The molecule has 0 fully saturated rings. The van der Waals surface area contributed by atoms with Gasteiger partial charge in [0.2, 0.25) is 5.78 Å². The highest BCUT2D eigenvalue weighted by Gasteiger charge is 2.28. The molecule has 0 saturated heterocycles. The molecular weight excluding hydrogens is 723 g/mol. The lowest BCUT2D eigenvalue weighted by Crippen LogP contribution is -2.26. The Hall–Kier alpha value is -5.08. The van der Waals surface area contributed by atoms with Crippen LogP contribution in [-0.2, 0) is 4.84 Å². The van der Waals surface area contributed by atoms with Gasteiger partial charge >= 0.3 is 0 Å². The molecule has 0 saturated carbocycles. The van der Waals surface area contributed by atoms with E-state index in [0.29, 0.717) is 10.3 Å². The van der Waals surface area contributed by atoms with Crippen LogP contribution in [0.2, 0.25) is 0 Å². The van der Waals surface area contributed by atoms with E-state index in [1.807, 2.05) is 6.26 Å². The molecule has 4 aromatic rings. The third kappa shape index (κ3) is 11.0. The van der Waals surface area contributed by atoms with Crippen LogP contribution < -0.4 is 30.4 Å². The average Bonchev–Trinajstić information content (AvgIpc) is 3.12. The Morgan fingerprint density at radius 3 is 1.51 bits per heavy atom. The molecule has 0 aliphatic heterocycles. The fourth-order valence-electron chi connectivity index (χ4n) is 3.65. The van der Waals surface area contributed by atoms with E-state index >= 15 is 0 Å².